The van der Waals surface area contributed by atoms with Gasteiger partial charge in [0.2, 0.25) is 0 Å². The molecule has 1 unspecified atom stereocenters. The number of Topliss-reactive ketones (excluding diaryl/α,β-unsaturated/α-hetero) is 1. The highest BCUT2D eigenvalue weighted by atomic mass is 28.4. The number of ether oxygens (including phenoxy) is 5. The van der Waals surface area contributed by atoms with Crippen molar-refractivity contribution in [2.75, 3.05) is 6.61 Å². The molecule has 4 fully saturated rings. The van der Waals surface area contributed by atoms with E-state index in [1.165, 1.54) is 19.1 Å². The van der Waals surface area contributed by atoms with Crippen LogP contribution in [-0.4, -0.2) is 96.9 Å². The summed E-state index contributed by atoms with van der Waals surface area (Å²) in [4.78, 5) is 57.0. The average Bonchev–Trinajstić information content (AvgIpc) is 3.97. The van der Waals surface area contributed by atoms with Gasteiger partial charge in [0.15, 0.2) is 25.8 Å². The van der Waals surface area contributed by atoms with Crippen LogP contribution in [0, 0.1) is 22.7 Å². The Bertz CT molecular complexity index is 1780. The average molecular weight is 811 g/mol. The maximum absolute atomic E-state index is 15.9. The topological polar surface area (TPSA) is 164 Å². The predicted octanol–water partition coefficient (Wildman–Crippen LogP) is 5.97. The highest BCUT2D eigenvalue weighted by Gasteiger charge is 2.79. The number of aliphatic hydroxyl groups is 2. The number of esters is 3. The fourth-order valence-corrected chi connectivity index (χ4v) is 12.9. The summed E-state index contributed by atoms with van der Waals surface area (Å²) in [5.74, 6) is -5.79. The van der Waals surface area contributed by atoms with Crippen molar-refractivity contribution in [1.29, 1.82) is 0 Å². The van der Waals surface area contributed by atoms with Crippen LogP contribution in [0.3, 0.4) is 0 Å². The van der Waals surface area contributed by atoms with Gasteiger partial charge in [-0.15, -0.1) is 13.2 Å². The predicted molar refractivity (Wildman–Crippen MR) is 195 cm³/mol. The molecule has 0 amide bonds. The summed E-state index contributed by atoms with van der Waals surface area (Å²) in [6.07, 6.45) is -11.1. The van der Waals surface area contributed by atoms with E-state index in [0.29, 0.717) is 31.0 Å². The highest BCUT2D eigenvalue weighted by Crippen LogP contribution is 2.65. The molecule has 56 heavy (non-hydrogen) atoms. The molecule has 9 atom stereocenters. The zero-order valence-corrected chi connectivity index (χ0v) is 34.1. The smallest absolute Gasteiger partial charge is 0.455 e. The lowest BCUT2D eigenvalue weighted by Gasteiger charge is -2.68. The maximum Gasteiger partial charge on any atom is 0.573 e. The van der Waals surface area contributed by atoms with Crippen LogP contribution in [0.5, 0.6) is 5.75 Å². The van der Waals surface area contributed by atoms with Gasteiger partial charge >= 0.3 is 24.3 Å². The molecule has 0 spiro atoms. The zero-order chi connectivity index (χ0) is 41.4. The molecule has 310 valence electrons. The summed E-state index contributed by atoms with van der Waals surface area (Å²) in [6, 6.07) is 6.25. The molecule has 3 saturated carbocycles. The summed E-state index contributed by atoms with van der Waals surface area (Å²) in [7, 11) is -2.62. The molecule has 1 heterocycles. The monoisotopic (exact) mass is 810 g/mol. The van der Waals surface area contributed by atoms with Gasteiger partial charge in [-0.05, 0) is 74.2 Å². The van der Waals surface area contributed by atoms with Crippen molar-refractivity contribution in [2.45, 2.75) is 147 Å². The largest absolute Gasteiger partial charge is 0.573 e. The number of fused-ring (bicyclic) bond motifs is 5. The van der Waals surface area contributed by atoms with Gasteiger partial charge < -0.3 is 38.3 Å². The fourth-order valence-electron chi connectivity index (χ4n) is 9.97. The number of alkyl halides is 3. The second-order valence-corrected chi connectivity index (χ2v) is 21.6. The zero-order valence-electron chi connectivity index (χ0n) is 33.1. The van der Waals surface area contributed by atoms with Crippen LogP contribution in [0.2, 0.25) is 18.1 Å². The number of halogens is 3. The first-order chi connectivity index (χ1) is 26.0. The molecule has 2 N–H and O–H groups in total. The van der Waals surface area contributed by atoms with E-state index in [4.69, 9.17) is 23.4 Å². The minimum Gasteiger partial charge on any atom is -0.455 e. The quantitative estimate of drug-likeness (QED) is 0.117. The van der Waals surface area contributed by atoms with E-state index in [1.54, 1.807) is 27.7 Å². The van der Waals surface area contributed by atoms with Gasteiger partial charge in [0.25, 0.3) is 0 Å². The minimum absolute atomic E-state index is 0.0596. The number of hydrogen-bond donors (Lipinski definition) is 2. The van der Waals surface area contributed by atoms with Crippen LogP contribution in [0.15, 0.2) is 35.4 Å². The van der Waals surface area contributed by atoms with Crippen LogP contribution >= 0.6 is 0 Å². The van der Waals surface area contributed by atoms with E-state index < -0.39 is 115 Å². The van der Waals surface area contributed by atoms with Gasteiger partial charge in [-0.25, -0.2) is 4.79 Å². The maximum atomic E-state index is 15.9. The molecule has 12 nitrogen and oxygen atoms in total. The van der Waals surface area contributed by atoms with Crippen LogP contribution in [0.4, 0.5) is 13.2 Å². The van der Waals surface area contributed by atoms with E-state index in [1.807, 2.05) is 20.8 Å². The minimum atomic E-state index is -5.07. The number of benzene rings is 1. The Kier molecular flexibility index (Phi) is 11.0. The lowest BCUT2D eigenvalue weighted by molar-refractivity contribution is -0.344. The summed E-state index contributed by atoms with van der Waals surface area (Å²) in [5, 5.41) is 25.1. The van der Waals surface area contributed by atoms with Crippen molar-refractivity contribution in [2.24, 2.45) is 22.7 Å². The van der Waals surface area contributed by atoms with Crippen molar-refractivity contribution in [3.8, 4) is 5.75 Å². The third kappa shape index (κ3) is 6.80. The molecule has 1 aromatic rings. The summed E-state index contributed by atoms with van der Waals surface area (Å²) in [6.45, 7) is 13.3. The Morgan fingerprint density at radius 2 is 1.68 bits per heavy atom. The third-order valence-electron chi connectivity index (χ3n) is 13.7. The van der Waals surface area contributed by atoms with Crippen LogP contribution in [0.1, 0.15) is 91.4 Å². The first kappa shape index (κ1) is 42.3. The number of carbonyl (C=O) groups is 4. The lowest BCUT2D eigenvalue weighted by Crippen LogP contribution is -2.82. The van der Waals surface area contributed by atoms with Crippen molar-refractivity contribution < 1.29 is 70.7 Å². The Morgan fingerprint density at radius 3 is 2.21 bits per heavy atom. The molecule has 1 aliphatic heterocycles. The van der Waals surface area contributed by atoms with Gasteiger partial charge in [0, 0.05) is 25.2 Å². The second-order valence-electron chi connectivity index (χ2n) is 16.9. The summed E-state index contributed by atoms with van der Waals surface area (Å²) >= 11 is 0. The van der Waals surface area contributed by atoms with Gasteiger partial charge in [-0.2, -0.15) is 0 Å². The standard InChI is InChI=1S/C40H53F3O12Si/c1-9-56(10-2,11-3)55-27-18-28-38(20-50-28,53-22(5)44)31-33(52-35(48)24-13-12-14-25(17-24)54-40(41,42)43)39(49)19-26(45)21(4)29(36(39,6)7)30(32(46)37(27,31)8)51-34(47)23-15-16-23/h12-14,17,23,26-28,30-31,33,45,49H,9-11,15-16,18-20H2,1-8H3/t26-,27?,28+,30+,31-,33-,37+,38-,39+/m0/s1. The molecule has 0 radical (unpaired) electrons. The second kappa shape index (κ2) is 14.5. The summed E-state index contributed by atoms with van der Waals surface area (Å²) < 4.78 is 75.8. The van der Waals surface area contributed by atoms with E-state index in [-0.39, 0.29) is 29.7 Å². The molecule has 1 saturated heterocycles. The molecule has 1 aromatic carbocycles. The van der Waals surface area contributed by atoms with E-state index in [0.717, 1.165) is 12.1 Å². The number of rotatable bonds is 11. The Morgan fingerprint density at radius 1 is 1.04 bits per heavy atom. The highest BCUT2D eigenvalue weighted by molar-refractivity contribution is 6.73. The Balaban J connectivity index is 1.64. The Labute approximate surface area is 325 Å². The first-order valence-electron chi connectivity index (χ1n) is 19.5. The summed E-state index contributed by atoms with van der Waals surface area (Å²) in [5.41, 5.74) is -7.39. The van der Waals surface area contributed by atoms with E-state index in [9.17, 15) is 37.8 Å². The van der Waals surface area contributed by atoms with Crippen molar-refractivity contribution in [3.63, 3.8) is 0 Å². The molecular weight excluding hydrogens is 758 g/mol. The van der Waals surface area contributed by atoms with Gasteiger partial charge in [0.05, 0.1) is 41.6 Å². The number of aliphatic hydroxyl groups excluding tert-OH is 1. The van der Waals surface area contributed by atoms with Crippen LogP contribution in [0.25, 0.3) is 0 Å². The molecule has 4 aliphatic carbocycles. The molecule has 0 aromatic heterocycles. The van der Waals surface area contributed by atoms with Crippen molar-refractivity contribution in [3.05, 3.63) is 41.0 Å². The van der Waals surface area contributed by atoms with Crippen LogP contribution in [-0.2, 0) is 37.8 Å². The number of carbonyl (C=O) groups excluding carboxylic acids is 4. The number of ketones is 1. The SMILES string of the molecule is CC[Si](CC)(CC)OC1C[C@H]2OC[C@@]2(OC(C)=O)[C@H]2[C@H](OC(=O)c3cccc(OC(F)(F)F)c3)[C@]3(O)C[C@H](O)C(C)=C([C@@H](OC(=O)C4CC4)C(=O)[C@]12C)C3(C)C. The van der Waals surface area contributed by atoms with Gasteiger partial charge in [0.1, 0.15) is 23.6 Å². The number of hydrogen-bond acceptors (Lipinski definition) is 12. The van der Waals surface area contributed by atoms with Gasteiger partial charge in [-0.1, -0.05) is 40.7 Å². The fraction of sp³-hybridized carbons (Fsp3) is 0.700. The lowest BCUT2D eigenvalue weighted by atomic mass is 9.44. The molecule has 16 heteroatoms. The van der Waals surface area contributed by atoms with Crippen LogP contribution < -0.4 is 4.74 Å². The molecule has 2 bridgehead atoms. The van der Waals surface area contributed by atoms with E-state index in [2.05, 4.69) is 4.74 Å². The molecular formula is C40H53F3O12Si. The first-order valence-corrected chi connectivity index (χ1v) is 22.0. The van der Waals surface area contributed by atoms with E-state index >= 15 is 4.79 Å². The van der Waals surface area contributed by atoms with Crippen molar-refractivity contribution in [1.82, 2.24) is 0 Å². The third-order valence-corrected chi connectivity index (χ3v) is 18.3. The molecule has 6 rings (SSSR count). The Hall–Kier alpha value is -3.31. The molecule has 5 aliphatic rings. The van der Waals surface area contributed by atoms with Crippen molar-refractivity contribution >= 4 is 32.0 Å². The van der Waals surface area contributed by atoms with Gasteiger partial charge in [-0.3, -0.25) is 14.4 Å². The normalized spacial score (nSPS) is 35.2.